The summed E-state index contributed by atoms with van der Waals surface area (Å²) in [7, 11) is 0. The maximum Gasteiger partial charge on any atom is 0.135 e. The number of benzene rings is 2. The molecule has 0 fully saturated rings. The summed E-state index contributed by atoms with van der Waals surface area (Å²) in [6.45, 7) is 0.401. The Morgan fingerprint density at radius 3 is 2.29 bits per heavy atom. The highest BCUT2D eigenvalue weighted by atomic mass is 16.6. The van der Waals surface area contributed by atoms with Crippen molar-refractivity contribution in [2.24, 2.45) is 5.16 Å². The van der Waals surface area contributed by atoms with E-state index in [1.54, 1.807) is 6.20 Å². The highest BCUT2D eigenvalue weighted by Gasteiger charge is 2.08. The average Bonchev–Trinajstić information content (AvgIpc) is 2.67. The lowest BCUT2D eigenvalue weighted by molar-refractivity contribution is 0.175. The molecule has 1 aromatic heterocycles. The summed E-state index contributed by atoms with van der Waals surface area (Å²) in [4.78, 5) is 9.86. The van der Waals surface area contributed by atoms with E-state index in [0.29, 0.717) is 6.61 Å². The zero-order chi connectivity index (χ0) is 16.5. The first-order valence-corrected chi connectivity index (χ1v) is 7.82. The van der Waals surface area contributed by atoms with Crippen LogP contribution >= 0.6 is 0 Å². The lowest BCUT2D eigenvalue weighted by Gasteiger charge is -2.05. The van der Waals surface area contributed by atoms with Gasteiger partial charge in [-0.3, -0.25) is 4.98 Å². The second-order valence-electron chi connectivity index (χ2n) is 5.13. The van der Waals surface area contributed by atoms with Crippen molar-refractivity contribution in [1.82, 2.24) is 4.98 Å². The van der Waals surface area contributed by atoms with Crippen molar-refractivity contribution >= 4 is 11.8 Å². The molecule has 0 N–H and O–H groups in total. The van der Waals surface area contributed by atoms with Gasteiger partial charge in [0, 0.05) is 11.8 Å². The standard InChI is InChI=1S/C21H18N2O/c1-3-10-18(11-4-1)12-9-17-24-23-21(19-13-5-2-6-14-19)20-15-7-8-16-22-20/h1-16H,17H2/b12-9+,23-21?. The van der Waals surface area contributed by atoms with Crippen LogP contribution < -0.4 is 0 Å². The first-order chi connectivity index (χ1) is 11.9. The maximum absolute atomic E-state index is 5.49. The van der Waals surface area contributed by atoms with E-state index in [1.165, 1.54) is 0 Å². The van der Waals surface area contributed by atoms with Crippen molar-refractivity contribution in [2.45, 2.75) is 0 Å². The lowest BCUT2D eigenvalue weighted by atomic mass is 10.1. The van der Waals surface area contributed by atoms with Crippen LogP contribution in [-0.2, 0) is 4.84 Å². The molecule has 0 aliphatic heterocycles. The van der Waals surface area contributed by atoms with Crippen molar-refractivity contribution < 1.29 is 4.84 Å². The van der Waals surface area contributed by atoms with Crippen LogP contribution in [0.15, 0.2) is 96.3 Å². The molecule has 0 bridgehead atoms. The number of hydrogen-bond acceptors (Lipinski definition) is 3. The number of pyridine rings is 1. The van der Waals surface area contributed by atoms with E-state index in [1.807, 2.05) is 91.0 Å². The van der Waals surface area contributed by atoms with E-state index in [4.69, 9.17) is 4.84 Å². The predicted molar refractivity (Wildman–Crippen MR) is 97.7 cm³/mol. The Bertz CT molecular complexity index is 756. The van der Waals surface area contributed by atoms with Gasteiger partial charge in [0.15, 0.2) is 0 Å². The molecule has 0 aliphatic rings. The van der Waals surface area contributed by atoms with Crippen molar-refractivity contribution in [2.75, 3.05) is 6.61 Å². The summed E-state index contributed by atoms with van der Waals surface area (Å²) in [5, 5.41) is 4.30. The minimum absolute atomic E-state index is 0.401. The van der Waals surface area contributed by atoms with E-state index in [0.717, 1.165) is 22.5 Å². The van der Waals surface area contributed by atoms with Gasteiger partial charge in [0.05, 0.1) is 5.69 Å². The molecule has 0 radical (unpaired) electrons. The van der Waals surface area contributed by atoms with E-state index >= 15 is 0 Å². The Labute approximate surface area is 141 Å². The van der Waals surface area contributed by atoms with Crippen LogP contribution in [0.2, 0.25) is 0 Å². The Balaban J connectivity index is 1.72. The van der Waals surface area contributed by atoms with Gasteiger partial charge in [-0.2, -0.15) is 0 Å². The smallest absolute Gasteiger partial charge is 0.135 e. The molecule has 0 spiro atoms. The molecule has 0 atom stereocenters. The largest absolute Gasteiger partial charge is 0.391 e. The van der Waals surface area contributed by atoms with Gasteiger partial charge in [-0.05, 0) is 23.8 Å². The molecular formula is C21H18N2O. The fourth-order valence-electron chi connectivity index (χ4n) is 2.24. The normalized spacial score (nSPS) is 11.6. The molecule has 0 aliphatic carbocycles. The highest BCUT2D eigenvalue weighted by Crippen LogP contribution is 2.09. The van der Waals surface area contributed by atoms with E-state index in [-0.39, 0.29) is 0 Å². The molecule has 118 valence electrons. The second-order valence-corrected chi connectivity index (χ2v) is 5.13. The Kier molecular flexibility index (Phi) is 5.51. The third-order valence-electron chi connectivity index (χ3n) is 3.39. The molecule has 0 saturated carbocycles. The van der Waals surface area contributed by atoms with Gasteiger partial charge in [0.1, 0.15) is 12.3 Å². The molecule has 3 aromatic rings. The minimum atomic E-state index is 0.401. The molecule has 0 unspecified atom stereocenters. The minimum Gasteiger partial charge on any atom is -0.391 e. The Morgan fingerprint density at radius 1 is 0.875 bits per heavy atom. The van der Waals surface area contributed by atoms with Crippen LogP contribution in [0.1, 0.15) is 16.8 Å². The van der Waals surface area contributed by atoms with Crippen molar-refractivity contribution in [3.8, 4) is 0 Å². The van der Waals surface area contributed by atoms with Gasteiger partial charge >= 0.3 is 0 Å². The first-order valence-electron chi connectivity index (χ1n) is 7.82. The molecule has 3 rings (SSSR count). The average molecular weight is 314 g/mol. The third-order valence-corrected chi connectivity index (χ3v) is 3.39. The van der Waals surface area contributed by atoms with Gasteiger partial charge in [-0.1, -0.05) is 78.0 Å². The maximum atomic E-state index is 5.49. The molecule has 0 saturated heterocycles. The van der Waals surface area contributed by atoms with E-state index in [9.17, 15) is 0 Å². The van der Waals surface area contributed by atoms with Gasteiger partial charge in [-0.25, -0.2) is 0 Å². The van der Waals surface area contributed by atoms with Crippen molar-refractivity contribution in [1.29, 1.82) is 0 Å². The monoisotopic (exact) mass is 314 g/mol. The number of aromatic nitrogens is 1. The van der Waals surface area contributed by atoms with E-state index < -0.39 is 0 Å². The second kappa shape index (κ2) is 8.44. The third kappa shape index (κ3) is 4.40. The lowest BCUT2D eigenvalue weighted by Crippen LogP contribution is -2.06. The molecular weight excluding hydrogens is 296 g/mol. The zero-order valence-corrected chi connectivity index (χ0v) is 13.2. The van der Waals surface area contributed by atoms with Gasteiger partial charge in [0.2, 0.25) is 0 Å². The summed E-state index contributed by atoms with van der Waals surface area (Å²) in [6, 6.07) is 25.8. The number of nitrogens with zero attached hydrogens (tertiary/aromatic N) is 2. The van der Waals surface area contributed by atoms with Gasteiger partial charge in [-0.15, -0.1) is 0 Å². The summed E-state index contributed by atoms with van der Waals surface area (Å²) in [5.74, 6) is 0. The Morgan fingerprint density at radius 2 is 1.58 bits per heavy atom. The summed E-state index contributed by atoms with van der Waals surface area (Å²) >= 11 is 0. The van der Waals surface area contributed by atoms with Crippen LogP contribution in [0.4, 0.5) is 0 Å². The summed E-state index contributed by atoms with van der Waals surface area (Å²) in [6.07, 6.45) is 5.71. The van der Waals surface area contributed by atoms with Crippen LogP contribution in [0.25, 0.3) is 6.08 Å². The molecule has 2 aromatic carbocycles. The molecule has 0 amide bonds. The van der Waals surface area contributed by atoms with Crippen LogP contribution in [0.5, 0.6) is 0 Å². The molecule has 3 nitrogen and oxygen atoms in total. The molecule has 3 heteroatoms. The molecule has 1 heterocycles. The number of rotatable bonds is 6. The first kappa shape index (κ1) is 15.7. The SMILES string of the molecule is C(=C\c1ccccc1)/CON=C(c1ccccc1)c1ccccn1. The zero-order valence-electron chi connectivity index (χ0n) is 13.2. The fourth-order valence-corrected chi connectivity index (χ4v) is 2.24. The highest BCUT2D eigenvalue weighted by molar-refractivity contribution is 6.11. The van der Waals surface area contributed by atoms with Crippen LogP contribution in [0.3, 0.4) is 0 Å². The predicted octanol–water partition coefficient (Wildman–Crippen LogP) is 4.56. The van der Waals surface area contributed by atoms with Crippen LogP contribution in [-0.4, -0.2) is 17.3 Å². The van der Waals surface area contributed by atoms with Gasteiger partial charge < -0.3 is 4.84 Å². The summed E-state index contributed by atoms with van der Waals surface area (Å²) < 4.78 is 0. The van der Waals surface area contributed by atoms with Crippen molar-refractivity contribution in [3.05, 3.63) is 108 Å². The van der Waals surface area contributed by atoms with E-state index in [2.05, 4.69) is 10.1 Å². The molecule has 24 heavy (non-hydrogen) atoms. The summed E-state index contributed by atoms with van der Waals surface area (Å²) in [5.41, 5.74) is 3.63. The number of oxime groups is 1. The Hall–Kier alpha value is -3.20. The van der Waals surface area contributed by atoms with Crippen molar-refractivity contribution in [3.63, 3.8) is 0 Å². The quantitative estimate of drug-likeness (QED) is 0.379. The fraction of sp³-hybridized carbons (Fsp3) is 0.0476. The number of hydrogen-bond donors (Lipinski definition) is 0. The topological polar surface area (TPSA) is 34.5 Å². The van der Waals surface area contributed by atoms with Gasteiger partial charge in [0.25, 0.3) is 0 Å². The van der Waals surface area contributed by atoms with Crippen LogP contribution in [0, 0.1) is 0 Å².